The SMILES string of the molecule is Cc1csc(NC(=O)CN(CCC(C)C)C(=O)COc2ccccc2)n1. The number of nitrogens with zero attached hydrogens (tertiary/aromatic N) is 2. The number of anilines is 1. The van der Waals surface area contributed by atoms with Crippen LogP contribution in [0, 0.1) is 12.8 Å². The molecule has 0 bridgehead atoms. The van der Waals surface area contributed by atoms with Crippen molar-refractivity contribution in [1.29, 1.82) is 0 Å². The highest BCUT2D eigenvalue weighted by Gasteiger charge is 2.19. The lowest BCUT2D eigenvalue weighted by molar-refractivity contribution is -0.136. The van der Waals surface area contributed by atoms with Crippen molar-refractivity contribution in [2.75, 3.05) is 25.0 Å². The number of hydrogen-bond donors (Lipinski definition) is 1. The summed E-state index contributed by atoms with van der Waals surface area (Å²) in [6, 6.07) is 9.17. The number of ether oxygens (including phenoxy) is 1. The van der Waals surface area contributed by atoms with E-state index in [2.05, 4.69) is 24.1 Å². The second-order valence-electron chi connectivity index (χ2n) is 6.44. The van der Waals surface area contributed by atoms with Crippen molar-refractivity contribution in [3.63, 3.8) is 0 Å². The first-order valence-corrected chi connectivity index (χ1v) is 9.49. The standard InChI is InChI=1S/C19H25N3O3S/c1-14(2)9-10-22(11-17(23)21-19-20-15(3)13-26-19)18(24)12-25-16-7-5-4-6-8-16/h4-8,13-14H,9-12H2,1-3H3,(H,20,21,23). The molecule has 0 unspecified atom stereocenters. The quantitative estimate of drug-likeness (QED) is 0.730. The Morgan fingerprint density at radius 1 is 1.27 bits per heavy atom. The molecule has 140 valence electrons. The molecule has 0 aliphatic carbocycles. The van der Waals surface area contributed by atoms with Gasteiger partial charge in [-0.1, -0.05) is 32.0 Å². The van der Waals surface area contributed by atoms with Gasteiger partial charge in [0, 0.05) is 11.9 Å². The largest absolute Gasteiger partial charge is 0.484 e. The zero-order valence-corrected chi connectivity index (χ0v) is 16.2. The smallest absolute Gasteiger partial charge is 0.260 e. The lowest BCUT2D eigenvalue weighted by Gasteiger charge is -2.23. The molecule has 1 aromatic carbocycles. The maximum Gasteiger partial charge on any atom is 0.260 e. The van der Waals surface area contributed by atoms with Crippen molar-refractivity contribution >= 4 is 28.3 Å². The number of nitrogens with one attached hydrogen (secondary N) is 1. The molecule has 0 fully saturated rings. The molecular weight excluding hydrogens is 350 g/mol. The molecule has 0 saturated heterocycles. The summed E-state index contributed by atoms with van der Waals surface area (Å²) < 4.78 is 5.53. The van der Waals surface area contributed by atoms with Crippen LogP contribution in [0.5, 0.6) is 5.75 Å². The van der Waals surface area contributed by atoms with E-state index in [1.54, 1.807) is 17.0 Å². The monoisotopic (exact) mass is 375 g/mol. The molecule has 2 amide bonds. The average Bonchev–Trinajstić information content (AvgIpc) is 3.01. The number of aryl methyl sites for hydroxylation is 1. The van der Waals surface area contributed by atoms with Gasteiger partial charge in [-0.2, -0.15) is 0 Å². The third-order valence-corrected chi connectivity index (χ3v) is 4.51. The van der Waals surface area contributed by atoms with Gasteiger partial charge in [0.25, 0.3) is 5.91 Å². The highest BCUT2D eigenvalue weighted by atomic mass is 32.1. The van der Waals surface area contributed by atoms with Gasteiger partial charge in [-0.05, 0) is 31.4 Å². The minimum absolute atomic E-state index is 0.0116. The van der Waals surface area contributed by atoms with Crippen LogP contribution in [0.4, 0.5) is 5.13 Å². The van der Waals surface area contributed by atoms with E-state index in [4.69, 9.17) is 4.74 Å². The number of hydrogen-bond acceptors (Lipinski definition) is 5. The highest BCUT2D eigenvalue weighted by molar-refractivity contribution is 7.13. The van der Waals surface area contributed by atoms with Crippen LogP contribution < -0.4 is 10.1 Å². The van der Waals surface area contributed by atoms with Crippen LogP contribution in [0.2, 0.25) is 0 Å². The number of thiazole rings is 1. The van der Waals surface area contributed by atoms with Gasteiger partial charge in [-0.25, -0.2) is 4.98 Å². The van der Waals surface area contributed by atoms with Crippen LogP contribution >= 0.6 is 11.3 Å². The summed E-state index contributed by atoms with van der Waals surface area (Å²) in [5.41, 5.74) is 0.856. The maximum atomic E-state index is 12.5. The van der Waals surface area contributed by atoms with Crippen LogP contribution in [0.3, 0.4) is 0 Å². The zero-order valence-electron chi connectivity index (χ0n) is 15.4. The van der Waals surface area contributed by atoms with E-state index in [0.717, 1.165) is 12.1 Å². The van der Waals surface area contributed by atoms with E-state index >= 15 is 0 Å². The summed E-state index contributed by atoms with van der Waals surface area (Å²) in [6.07, 6.45) is 0.820. The first-order valence-electron chi connectivity index (χ1n) is 8.61. The van der Waals surface area contributed by atoms with Crippen LogP contribution in [0.1, 0.15) is 26.0 Å². The van der Waals surface area contributed by atoms with Gasteiger partial charge < -0.3 is 15.0 Å². The number of rotatable bonds is 9. The van der Waals surface area contributed by atoms with E-state index < -0.39 is 0 Å². The number of aromatic nitrogens is 1. The number of benzene rings is 1. The van der Waals surface area contributed by atoms with Crippen LogP contribution in [0.15, 0.2) is 35.7 Å². The third-order valence-electron chi connectivity index (χ3n) is 3.63. The normalized spacial score (nSPS) is 10.6. The molecule has 0 radical (unpaired) electrons. The van der Waals surface area contributed by atoms with Crippen molar-refractivity contribution in [3.05, 3.63) is 41.4 Å². The van der Waals surface area contributed by atoms with E-state index in [1.165, 1.54) is 11.3 Å². The molecule has 0 aliphatic rings. The van der Waals surface area contributed by atoms with Crippen molar-refractivity contribution in [3.8, 4) is 5.75 Å². The lowest BCUT2D eigenvalue weighted by atomic mass is 10.1. The van der Waals surface area contributed by atoms with Crippen molar-refractivity contribution in [1.82, 2.24) is 9.88 Å². The number of para-hydroxylation sites is 1. The molecule has 1 N–H and O–H groups in total. The second kappa shape index (κ2) is 9.91. The fourth-order valence-corrected chi connectivity index (χ4v) is 2.91. The summed E-state index contributed by atoms with van der Waals surface area (Å²) in [4.78, 5) is 30.6. The second-order valence-corrected chi connectivity index (χ2v) is 7.30. The van der Waals surface area contributed by atoms with Crippen LogP contribution in [-0.4, -0.2) is 41.4 Å². The Morgan fingerprint density at radius 2 is 2.00 bits per heavy atom. The fraction of sp³-hybridized carbons (Fsp3) is 0.421. The van der Waals surface area contributed by atoms with Gasteiger partial charge in [0.2, 0.25) is 5.91 Å². The van der Waals surface area contributed by atoms with Gasteiger partial charge >= 0.3 is 0 Å². The number of carbonyl (C=O) groups excluding carboxylic acids is 2. The highest BCUT2D eigenvalue weighted by Crippen LogP contribution is 2.14. The van der Waals surface area contributed by atoms with Gasteiger partial charge in [0.05, 0.1) is 5.69 Å². The Balaban J connectivity index is 1.92. The first-order chi connectivity index (χ1) is 12.4. The van der Waals surface area contributed by atoms with Gasteiger partial charge in [-0.15, -0.1) is 11.3 Å². The van der Waals surface area contributed by atoms with Crippen molar-refractivity contribution in [2.45, 2.75) is 27.2 Å². The van der Waals surface area contributed by atoms with E-state index in [1.807, 2.05) is 30.5 Å². The van der Waals surface area contributed by atoms with E-state index in [9.17, 15) is 9.59 Å². The third kappa shape index (κ3) is 6.84. The zero-order chi connectivity index (χ0) is 18.9. The molecule has 0 saturated carbocycles. The molecular formula is C19H25N3O3S. The Hall–Kier alpha value is -2.41. The van der Waals surface area contributed by atoms with Crippen LogP contribution in [-0.2, 0) is 9.59 Å². The summed E-state index contributed by atoms with van der Waals surface area (Å²) in [6.45, 7) is 6.45. The maximum absolute atomic E-state index is 12.5. The summed E-state index contributed by atoms with van der Waals surface area (Å²) in [5, 5.41) is 5.16. The Labute approximate surface area is 158 Å². The minimum atomic E-state index is -0.254. The van der Waals surface area contributed by atoms with Crippen LogP contribution in [0.25, 0.3) is 0 Å². The van der Waals surface area contributed by atoms with Crippen molar-refractivity contribution < 1.29 is 14.3 Å². The number of amides is 2. The molecule has 1 heterocycles. The molecule has 0 spiro atoms. The molecule has 26 heavy (non-hydrogen) atoms. The molecule has 6 nitrogen and oxygen atoms in total. The van der Waals surface area contributed by atoms with E-state index in [0.29, 0.717) is 23.3 Å². The lowest BCUT2D eigenvalue weighted by Crippen LogP contribution is -2.41. The predicted octanol–water partition coefficient (Wildman–Crippen LogP) is 3.34. The number of carbonyl (C=O) groups is 2. The van der Waals surface area contributed by atoms with E-state index in [-0.39, 0.29) is 25.0 Å². The van der Waals surface area contributed by atoms with Gasteiger partial charge in [0.1, 0.15) is 12.3 Å². The average molecular weight is 375 g/mol. The van der Waals surface area contributed by atoms with Crippen molar-refractivity contribution in [2.24, 2.45) is 5.92 Å². The predicted molar refractivity (Wildman–Crippen MR) is 103 cm³/mol. The molecule has 2 rings (SSSR count). The Morgan fingerprint density at radius 3 is 2.62 bits per heavy atom. The molecule has 1 aromatic heterocycles. The fourth-order valence-electron chi connectivity index (χ4n) is 2.20. The Bertz CT molecular complexity index is 716. The Kier molecular flexibility index (Phi) is 7.59. The topological polar surface area (TPSA) is 71.5 Å². The molecule has 2 aromatic rings. The molecule has 7 heteroatoms. The van der Waals surface area contributed by atoms with Gasteiger partial charge in [0.15, 0.2) is 11.7 Å². The minimum Gasteiger partial charge on any atom is -0.484 e. The molecule has 0 atom stereocenters. The van der Waals surface area contributed by atoms with Gasteiger partial charge in [-0.3, -0.25) is 9.59 Å². The summed E-state index contributed by atoms with van der Waals surface area (Å²) >= 11 is 1.37. The summed E-state index contributed by atoms with van der Waals surface area (Å²) in [5.74, 6) is 0.605. The first kappa shape index (κ1) is 19.9. The molecule has 0 aliphatic heterocycles. The summed E-state index contributed by atoms with van der Waals surface area (Å²) in [7, 11) is 0.